The average Bonchev–Trinajstić information content (AvgIpc) is 3.05. The molecule has 0 saturated carbocycles. The van der Waals surface area contributed by atoms with Gasteiger partial charge in [0.15, 0.2) is 0 Å². The first-order valence-corrected chi connectivity index (χ1v) is 6.20. The van der Waals surface area contributed by atoms with Crippen LogP contribution in [0.4, 0.5) is 0 Å². The molecule has 0 radical (unpaired) electrons. The molecule has 1 aromatic carbocycles. The van der Waals surface area contributed by atoms with Crippen molar-refractivity contribution in [1.29, 1.82) is 0 Å². The van der Waals surface area contributed by atoms with Crippen molar-refractivity contribution in [1.82, 2.24) is 10.4 Å². The second-order valence-corrected chi connectivity index (χ2v) is 4.40. The zero-order chi connectivity index (χ0) is 13.9. The highest BCUT2D eigenvalue weighted by Crippen LogP contribution is 2.17. The third-order valence-corrected chi connectivity index (χ3v) is 2.95. The quantitative estimate of drug-likeness (QED) is 0.566. The number of aromatic amines is 1. The van der Waals surface area contributed by atoms with Gasteiger partial charge in [-0.3, -0.25) is 4.79 Å². The number of nitrogens with one attached hydrogen (secondary N) is 2. The molecule has 2 aromatic heterocycles. The minimum Gasteiger partial charge on any atom is -0.460 e. The first-order chi connectivity index (χ1) is 9.74. The smallest absolute Gasteiger partial charge is 0.273 e. The molecule has 0 aliphatic rings. The minimum atomic E-state index is -0.262. The summed E-state index contributed by atoms with van der Waals surface area (Å²) in [4.78, 5) is 15.1. The minimum absolute atomic E-state index is 0.262. The Kier molecular flexibility index (Phi) is 3.09. The number of fused-ring (bicyclic) bond motifs is 1. The van der Waals surface area contributed by atoms with Crippen LogP contribution in [0.5, 0.6) is 0 Å². The first kappa shape index (κ1) is 12.2. The molecule has 3 aromatic rings. The van der Waals surface area contributed by atoms with E-state index in [1.165, 1.54) is 6.21 Å². The van der Waals surface area contributed by atoms with E-state index in [2.05, 4.69) is 15.5 Å². The molecule has 2 N–H and O–H groups in total. The molecule has 5 heteroatoms. The van der Waals surface area contributed by atoms with Gasteiger partial charge < -0.3 is 9.40 Å². The highest BCUT2D eigenvalue weighted by Gasteiger charge is 2.10. The lowest BCUT2D eigenvalue weighted by Gasteiger charge is -1.97. The summed E-state index contributed by atoms with van der Waals surface area (Å²) in [7, 11) is 0. The monoisotopic (exact) mass is 267 g/mol. The molecule has 100 valence electrons. The van der Waals surface area contributed by atoms with Crippen LogP contribution < -0.4 is 5.43 Å². The van der Waals surface area contributed by atoms with Crippen molar-refractivity contribution in [3.63, 3.8) is 0 Å². The number of benzene rings is 1. The zero-order valence-corrected chi connectivity index (χ0v) is 10.9. The van der Waals surface area contributed by atoms with Crippen molar-refractivity contribution in [2.24, 2.45) is 5.10 Å². The fourth-order valence-corrected chi connectivity index (χ4v) is 2.00. The van der Waals surface area contributed by atoms with Gasteiger partial charge in [0.1, 0.15) is 11.5 Å². The average molecular weight is 267 g/mol. The normalized spacial score (nSPS) is 11.2. The van der Waals surface area contributed by atoms with Gasteiger partial charge in [-0.25, -0.2) is 5.43 Å². The zero-order valence-electron chi connectivity index (χ0n) is 10.9. The lowest BCUT2D eigenvalue weighted by Crippen LogP contribution is -2.17. The second kappa shape index (κ2) is 5.05. The number of para-hydroxylation sites is 1. The number of aromatic nitrogens is 1. The molecule has 5 nitrogen and oxygen atoms in total. The number of amides is 1. The number of hydrazone groups is 1. The Labute approximate surface area is 115 Å². The summed E-state index contributed by atoms with van der Waals surface area (Å²) in [6.45, 7) is 1.85. The van der Waals surface area contributed by atoms with Crippen molar-refractivity contribution in [3.05, 3.63) is 59.7 Å². The molecule has 0 atom stereocenters. The Morgan fingerprint density at radius 1 is 1.30 bits per heavy atom. The van der Waals surface area contributed by atoms with Crippen LogP contribution in [-0.4, -0.2) is 17.1 Å². The predicted molar refractivity (Wildman–Crippen MR) is 76.8 cm³/mol. The molecule has 0 fully saturated rings. The van der Waals surface area contributed by atoms with Crippen molar-refractivity contribution in [2.75, 3.05) is 0 Å². The molecule has 2 heterocycles. The number of hydrogen-bond donors (Lipinski definition) is 2. The fourth-order valence-electron chi connectivity index (χ4n) is 2.00. The van der Waals surface area contributed by atoms with Gasteiger partial charge in [0.05, 0.1) is 11.8 Å². The maximum atomic E-state index is 12.0. The largest absolute Gasteiger partial charge is 0.460 e. The number of nitrogens with zero attached hydrogens (tertiary/aromatic N) is 1. The van der Waals surface area contributed by atoms with E-state index in [0.29, 0.717) is 11.3 Å². The van der Waals surface area contributed by atoms with Gasteiger partial charge in [-0.2, -0.15) is 5.10 Å². The number of rotatable bonds is 3. The van der Waals surface area contributed by atoms with E-state index in [4.69, 9.17) is 4.42 Å². The van der Waals surface area contributed by atoms with Gasteiger partial charge in [0, 0.05) is 17.1 Å². The molecule has 0 unspecified atom stereocenters. The fraction of sp³-hybridized carbons (Fsp3) is 0.0667. The molecule has 0 spiro atoms. The SMILES string of the molecule is Cc1ccc(/C=N/NC(=O)c2c[nH]c3ccccc23)o1. The van der Waals surface area contributed by atoms with E-state index >= 15 is 0 Å². The van der Waals surface area contributed by atoms with Crippen LogP contribution in [0.1, 0.15) is 21.9 Å². The van der Waals surface area contributed by atoms with Gasteiger partial charge in [0.2, 0.25) is 0 Å². The molecule has 20 heavy (non-hydrogen) atoms. The summed E-state index contributed by atoms with van der Waals surface area (Å²) < 4.78 is 5.32. The maximum Gasteiger partial charge on any atom is 0.273 e. The molecule has 1 amide bonds. The van der Waals surface area contributed by atoms with Gasteiger partial charge in [-0.15, -0.1) is 0 Å². The second-order valence-electron chi connectivity index (χ2n) is 4.40. The van der Waals surface area contributed by atoms with E-state index in [1.807, 2.05) is 37.3 Å². The van der Waals surface area contributed by atoms with Crippen molar-refractivity contribution in [3.8, 4) is 0 Å². The van der Waals surface area contributed by atoms with Crippen LogP contribution in [0.3, 0.4) is 0 Å². The van der Waals surface area contributed by atoms with Gasteiger partial charge in [0.25, 0.3) is 5.91 Å². The third-order valence-electron chi connectivity index (χ3n) is 2.95. The highest BCUT2D eigenvalue weighted by atomic mass is 16.3. The van der Waals surface area contributed by atoms with Gasteiger partial charge >= 0.3 is 0 Å². The lowest BCUT2D eigenvalue weighted by atomic mass is 10.2. The summed E-state index contributed by atoms with van der Waals surface area (Å²) in [5, 5.41) is 4.75. The van der Waals surface area contributed by atoms with E-state index in [-0.39, 0.29) is 5.91 Å². The highest BCUT2D eigenvalue weighted by molar-refractivity contribution is 6.06. The van der Waals surface area contributed by atoms with Crippen LogP contribution in [0, 0.1) is 6.92 Å². The Bertz CT molecular complexity index is 783. The summed E-state index contributed by atoms with van der Waals surface area (Å²) in [6, 6.07) is 11.2. The molecule has 0 bridgehead atoms. The summed E-state index contributed by atoms with van der Waals surface area (Å²) in [5.74, 6) is 1.14. The predicted octanol–water partition coefficient (Wildman–Crippen LogP) is 2.83. The first-order valence-electron chi connectivity index (χ1n) is 6.20. The number of hydrogen-bond acceptors (Lipinski definition) is 3. The Morgan fingerprint density at radius 3 is 2.95 bits per heavy atom. The molecule has 3 rings (SSSR count). The maximum absolute atomic E-state index is 12.0. The number of H-pyrrole nitrogens is 1. The molecule has 0 saturated heterocycles. The molecular weight excluding hydrogens is 254 g/mol. The Morgan fingerprint density at radius 2 is 2.15 bits per heavy atom. The van der Waals surface area contributed by atoms with E-state index in [9.17, 15) is 4.79 Å². The van der Waals surface area contributed by atoms with E-state index < -0.39 is 0 Å². The molecular formula is C15H13N3O2. The topological polar surface area (TPSA) is 70.4 Å². The molecule has 0 aliphatic carbocycles. The summed E-state index contributed by atoms with van der Waals surface area (Å²) in [5.41, 5.74) is 3.97. The van der Waals surface area contributed by atoms with Crippen LogP contribution in [0.2, 0.25) is 0 Å². The van der Waals surface area contributed by atoms with Gasteiger partial charge in [-0.05, 0) is 25.1 Å². The number of carbonyl (C=O) groups is 1. The Hall–Kier alpha value is -2.82. The van der Waals surface area contributed by atoms with E-state index in [1.54, 1.807) is 12.3 Å². The number of aryl methyl sites for hydroxylation is 1. The van der Waals surface area contributed by atoms with Crippen LogP contribution in [-0.2, 0) is 0 Å². The van der Waals surface area contributed by atoms with E-state index in [0.717, 1.165) is 16.7 Å². The van der Waals surface area contributed by atoms with Crippen LogP contribution >= 0.6 is 0 Å². The summed E-state index contributed by atoms with van der Waals surface area (Å²) in [6.07, 6.45) is 3.15. The Balaban J connectivity index is 1.75. The van der Waals surface area contributed by atoms with Crippen molar-refractivity contribution in [2.45, 2.75) is 6.92 Å². The third kappa shape index (κ3) is 2.33. The summed E-state index contributed by atoms with van der Waals surface area (Å²) >= 11 is 0. The molecule has 0 aliphatic heterocycles. The van der Waals surface area contributed by atoms with Crippen molar-refractivity contribution >= 4 is 23.0 Å². The number of carbonyl (C=O) groups excluding carboxylic acids is 1. The standard InChI is InChI=1S/C15H13N3O2/c1-10-6-7-11(20-10)8-17-18-15(19)13-9-16-14-5-3-2-4-12(13)14/h2-9,16H,1H3,(H,18,19)/b17-8+. The lowest BCUT2D eigenvalue weighted by molar-refractivity contribution is 0.0957. The van der Waals surface area contributed by atoms with Gasteiger partial charge in [-0.1, -0.05) is 18.2 Å². The van der Waals surface area contributed by atoms with Crippen LogP contribution in [0.15, 0.2) is 52.1 Å². The van der Waals surface area contributed by atoms with Crippen LogP contribution in [0.25, 0.3) is 10.9 Å². The number of furan rings is 1. The van der Waals surface area contributed by atoms with Crippen molar-refractivity contribution < 1.29 is 9.21 Å².